The third-order valence-corrected chi connectivity index (χ3v) is 2.66. The number of hydrogen-bond acceptors (Lipinski definition) is 4. The first-order chi connectivity index (χ1) is 8.99. The molecular weight excluding hydrogens is 248 g/mol. The van der Waals surface area contributed by atoms with Crippen molar-refractivity contribution in [3.05, 3.63) is 24.2 Å². The van der Waals surface area contributed by atoms with Crippen molar-refractivity contribution in [1.82, 2.24) is 9.80 Å². The number of rotatable bonds is 8. The van der Waals surface area contributed by atoms with E-state index in [4.69, 9.17) is 9.52 Å². The minimum Gasteiger partial charge on any atom is -0.480 e. The number of nitrogens with zero attached hydrogens (tertiary/aromatic N) is 2. The quantitative estimate of drug-likeness (QED) is 0.750. The van der Waals surface area contributed by atoms with Crippen molar-refractivity contribution in [2.75, 3.05) is 33.7 Å². The third-order valence-electron chi connectivity index (χ3n) is 2.66. The molecule has 1 N–H and O–H groups in total. The van der Waals surface area contributed by atoms with Gasteiger partial charge in [0.15, 0.2) is 0 Å². The summed E-state index contributed by atoms with van der Waals surface area (Å²) >= 11 is 0. The van der Waals surface area contributed by atoms with Gasteiger partial charge in [0.05, 0.1) is 6.26 Å². The van der Waals surface area contributed by atoms with E-state index in [0.29, 0.717) is 19.5 Å². The fourth-order valence-corrected chi connectivity index (χ4v) is 1.62. The number of hydrogen-bond donors (Lipinski definition) is 1. The highest BCUT2D eigenvalue weighted by Gasteiger charge is 2.17. The molecule has 0 spiro atoms. The molecule has 0 aliphatic heterocycles. The summed E-state index contributed by atoms with van der Waals surface area (Å²) in [5.74, 6) is -0.429. The summed E-state index contributed by atoms with van der Waals surface area (Å²) in [6, 6.07) is 3.56. The van der Waals surface area contributed by atoms with E-state index in [1.807, 2.05) is 19.0 Å². The number of aliphatic carboxylic acids is 1. The van der Waals surface area contributed by atoms with Crippen LogP contribution in [0.1, 0.15) is 12.2 Å². The highest BCUT2D eigenvalue weighted by atomic mass is 16.4. The van der Waals surface area contributed by atoms with Gasteiger partial charge in [-0.05, 0) is 26.2 Å². The fraction of sp³-hybridized carbons (Fsp3) is 0.538. The van der Waals surface area contributed by atoms with Crippen LogP contribution in [0.2, 0.25) is 0 Å². The zero-order valence-electron chi connectivity index (χ0n) is 11.3. The summed E-state index contributed by atoms with van der Waals surface area (Å²) in [7, 11) is 3.76. The topological polar surface area (TPSA) is 74.0 Å². The van der Waals surface area contributed by atoms with Gasteiger partial charge in [-0.25, -0.2) is 0 Å². The minimum absolute atomic E-state index is 0.166. The normalized spacial score (nSPS) is 10.7. The number of carboxylic acid groups (broad SMARTS) is 1. The van der Waals surface area contributed by atoms with Crippen LogP contribution in [0.15, 0.2) is 22.8 Å². The van der Waals surface area contributed by atoms with E-state index in [2.05, 4.69) is 0 Å². The van der Waals surface area contributed by atoms with Crippen molar-refractivity contribution in [3.8, 4) is 0 Å². The van der Waals surface area contributed by atoms with E-state index in [1.165, 1.54) is 4.90 Å². The molecule has 6 heteroatoms. The number of amides is 1. The van der Waals surface area contributed by atoms with Gasteiger partial charge in [-0.15, -0.1) is 0 Å². The molecule has 0 radical (unpaired) electrons. The molecule has 106 valence electrons. The smallest absolute Gasteiger partial charge is 0.323 e. The van der Waals surface area contributed by atoms with E-state index in [1.54, 1.807) is 18.4 Å². The largest absolute Gasteiger partial charge is 0.480 e. The molecule has 0 aromatic carbocycles. The third kappa shape index (κ3) is 6.05. The van der Waals surface area contributed by atoms with E-state index < -0.39 is 5.97 Å². The maximum absolute atomic E-state index is 12.0. The first-order valence-corrected chi connectivity index (χ1v) is 6.15. The maximum Gasteiger partial charge on any atom is 0.323 e. The van der Waals surface area contributed by atoms with Crippen molar-refractivity contribution in [2.24, 2.45) is 0 Å². The van der Waals surface area contributed by atoms with Crippen LogP contribution >= 0.6 is 0 Å². The SMILES string of the molecule is CN(C)CCN(CC(=O)O)C(=O)CCc1ccco1. The molecule has 0 atom stereocenters. The zero-order chi connectivity index (χ0) is 14.3. The lowest BCUT2D eigenvalue weighted by Gasteiger charge is -2.22. The lowest BCUT2D eigenvalue weighted by Crippen LogP contribution is -2.40. The Balaban J connectivity index is 2.47. The summed E-state index contributed by atoms with van der Waals surface area (Å²) in [4.78, 5) is 26.0. The van der Waals surface area contributed by atoms with Crippen molar-refractivity contribution in [3.63, 3.8) is 0 Å². The van der Waals surface area contributed by atoms with Gasteiger partial charge >= 0.3 is 5.97 Å². The fourth-order valence-electron chi connectivity index (χ4n) is 1.62. The summed E-state index contributed by atoms with van der Waals surface area (Å²) in [5, 5.41) is 8.82. The molecule has 1 aromatic rings. The highest BCUT2D eigenvalue weighted by molar-refractivity contribution is 5.81. The lowest BCUT2D eigenvalue weighted by molar-refractivity contribution is -0.144. The van der Waals surface area contributed by atoms with Crippen LogP contribution in [0.4, 0.5) is 0 Å². The van der Waals surface area contributed by atoms with Crippen molar-refractivity contribution >= 4 is 11.9 Å². The molecule has 0 aliphatic carbocycles. The number of carbonyl (C=O) groups is 2. The summed E-state index contributed by atoms with van der Waals surface area (Å²) < 4.78 is 5.15. The molecule has 19 heavy (non-hydrogen) atoms. The van der Waals surface area contributed by atoms with E-state index in [9.17, 15) is 9.59 Å². The van der Waals surface area contributed by atoms with Crippen LogP contribution in [0.3, 0.4) is 0 Å². The average molecular weight is 268 g/mol. The summed E-state index contributed by atoms with van der Waals surface area (Å²) in [6.45, 7) is 0.793. The van der Waals surface area contributed by atoms with Gasteiger partial charge in [0, 0.05) is 25.9 Å². The van der Waals surface area contributed by atoms with Gasteiger partial charge in [0.25, 0.3) is 0 Å². The van der Waals surface area contributed by atoms with Gasteiger partial charge in [0.2, 0.25) is 5.91 Å². The van der Waals surface area contributed by atoms with Gasteiger partial charge in [0.1, 0.15) is 12.3 Å². The lowest BCUT2D eigenvalue weighted by atomic mass is 10.2. The predicted molar refractivity (Wildman–Crippen MR) is 69.8 cm³/mol. The summed E-state index contributed by atoms with van der Waals surface area (Å²) in [5.41, 5.74) is 0. The molecule has 1 heterocycles. The van der Waals surface area contributed by atoms with Crippen LogP contribution in [0.5, 0.6) is 0 Å². The Morgan fingerprint density at radius 1 is 1.32 bits per heavy atom. The highest BCUT2D eigenvalue weighted by Crippen LogP contribution is 2.05. The Hall–Kier alpha value is -1.82. The molecule has 1 aromatic heterocycles. The molecule has 0 saturated carbocycles. The second-order valence-corrected chi connectivity index (χ2v) is 4.59. The first-order valence-electron chi connectivity index (χ1n) is 6.15. The second kappa shape index (κ2) is 7.58. The number of likely N-dealkylation sites (N-methyl/N-ethyl adjacent to an activating group) is 1. The molecule has 0 aliphatic rings. The minimum atomic E-state index is -0.995. The van der Waals surface area contributed by atoms with Crippen LogP contribution in [-0.2, 0) is 16.0 Å². The molecule has 1 amide bonds. The Bertz CT molecular complexity index is 401. The number of furan rings is 1. The summed E-state index contributed by atoms with van der Waals surface area (Å²) in [6.07, 6.45) is 2.30. The molecule has 0 saturated heterocycles. The Morgan fingerprint density at radius 2 is 2.05 bits per heavy atom. The van der Waals surface area contributed by atoms with Gasteiger partial charge in [-0.1, -0.05) is 0 Å². The monoisotopic (exact) mass is 268 g/mol. The van der Waals surface area contributed by atoms with E-state index in [-0.39, 0.29) is 18.9 Å². The van der Waals surface area contributed by atoms with Crippen molar-refractivity contribution < 1.29 is 19.1 Å². The van der Waals surface area contributed by atoms with Gasteiger partial charge in [-0.2, -0.15) is 0 Å². The Labute approximate surface area is 112 Å². The van der Waals surface area contributed by atoms with Crippen LogP contribution in [0, 0.1) is 0 Å². The standard InChI is InChI=1S/C13H20N2O4/c1-14(2)7-8-15(10-13(17)18)12(16)6-5-11-4-3-9-19-11/h3-4,9H,5-8,10H2,1-2H3,(H,17,18). The molecule has 0 unspecified atom stereocenters. The molecular formula is C13H20N2O4. The van der Waals surface area contributed by atoms with Gasteiger partial charge in [-0.3, -0.25) is 9.59 Å². The van der Waals surface area contributed by atoms with Crippen molar-refractivity contribution in [1.29, 1.82) is 0 Å². The Kier molecular flexibility index (Phi) is 6.08. The molecule has 0 fully saturated rings. The van der Waals surface area contributed by atoms with Crippen LogP contribution in [0.25, 0.3) is 0 Å². The predicted octanol–water partition coefficient (Wildman–Crippen LogP) is 0.687. The van der Waals surface area contributed by atoms with E-state index in [0.717, 1.165) is 5.76 Å². The maximum atomic E-state index is 12.0. The molecule has 1 rings (SSSR count). The van der Waals surface area contributed by atoms with Gasteiger partial charge < -0.3 is 19.3 Å². The van der Waals surface area contributed by atoms with Crippen molar-refractivity contribution in [2.45, 2.75) is 12.8 Å². The number of carboxylic acids is 1. The average Bonchev–Trinajstić information content (AvgIpc) is 2.83. The van der Waals surface area contributed by atoms with Crippen LogP contribution in [-0.4, -0.2) is 60.5 Å². The second-order valence-electron chi connectivity index (χ2n) is 4.59. The zero-order valence-corrected chi connectivity index (χ0v) is 11.3. The van der Waals surface area contributed by atoms with Crippen LogP contribution < -0.4 is 0 Å². The first kappa shape index (κ1) is 15.2. The number of aryl methyl sites for hydroxylation is 1. The molecule has 6 nitrogen and oxygen atoms in total. The Morgan fingerprint density at radius 3 is 2.58 bits per heavy atom. The number of carbonyl (C=O) groups excluding carboxylic acids is 1. The van der Waals surface area contributed by atoms with E-state index >= 15 is 0 Å². The molecule has 0 bridgehead atoms.